The number of nitrogens with zero attached hydrogens (tertiary/aromatic N) is 3. The van der Waals surface area contributed by atoms with Gasteiger partial charge in [0.05, 0.1) is 10.6 Å². The summed E-state index contributed by atoms with van der Waals surface area (Å²) >= 11 is 0. The van der Waals surface area contributed by atoms with Crippen molar-refractivity contribution in [3.05, 3.63) is 48.3 Å². The van der Waals surface area contributed by atoms with Crippen molar-refractivity contribution >= 4 is 10.0 Å². The molecule has 2 aromatic carbocycles. The van der Waals surface area contributed by atoms with Crippen LogP contribution >= 0.6 is 0 Å². The number of rotatable bonds is 3. The van der Waals surface area contributed by atoms with E-state index in [1.54, 1.807) is 23.7 Å². The summed E-state index contributed by atoms with van der Waals surface area (Å²) in [6.45, 7) is 2.81. The Hall–Kier alpha value is -2.91. The van der Waals surface area contributed by atoms with E-state index in [4.69, 9.17) is 14.6 Å². The van der Waals surface area contributed by atoms with Crippen molar-refractivity contribution < 1.29 is 17.9 Å². The Kier molecular flexibility index (Phi) is 3.89. The average Bonchev–Trinajstić information content (AvgIpc) is 3.02. The molecule has 0 atom stereocenters. The van der Waals surface area contributed by atoms with Gasteiger partial charge in [0.25, 0.3) is 0 Å². The van der Waals surface area contributed by atoms with Gasteiger partial charge < -0.3 is 9.47 Å². The largest absolute Gasteiger partial charge is 0.486 e. The maximum Gasteiger partial charge on any atom is 0.238 e. The summed E-state index contributed by atoms with van der Waals surface area (Å²) in [6.07, 6.45) is 0. The van der Waals surface area contributed by atoms with E-state index in [9.17, 15) is 8.42 Å². The highest BCUT2D eigenvalue weighted by atomic mass is 32.2. The molecule has 2 N–H and O–H groups in total. The van der Waals surface area contributed by atoms with Crippen LogP contribution in [0.2, 0.25) is 0 Å². The summed E-state index contributed by atoms with van der Waals surface area (Å²) in [4.78, 5) is 4.53. The number of aromatic nitrogens is 3. The molecule has 2 heterocycles. The number of hydrogen-bond acceptors (Lipinski definition) is 6. The van der Waals surface area contributed by atoms with Crippen LogP contribution in [0.5, 0.6) is 11.5 Å². The van der Waals surface area contributed by atoms with Gasteiger partial charge in [0.2, 0.25) is 10.0 Å². The molecule has 26 heavy (non-hydrogen) atoms. The molecule has 0 saturated heterocycles. The van der Waals surface area contributed by atoms with Crippen molar-refractivity contribution in [3.63, 3.8) is 0 Å². The summed E-state index contributed by atoms with van der Waals surface area (Å²) in [5.41, 5.74) is 1.48. The molecule has 0 saturated carbocycles. The summed E-state index contributed by atoms with van der Waals surface area (Å²) in [7, 11) is -3.74. The van der Waals surface area contributed by atoms with Gasteiger partial charge in [0.1, 0.15) is 19.0 Å². The molecule has 8 nitrogen and oxygen atoms in total. The molecule has 4 rings (SSSR count). The number of nitrogens with two attached hydrogens (primary N) is 1. The first-order chi connectivity index (χ1) is 12.4. The van der Waals surface area contributed by atoms with E-state index in [0.717, 1.165) is 5.56 Å². The number of primary sulfonamides is 1. The molecule has 0 spiro atoms. The van der Waals surface area contributed by atoms with Crippen LogP contribution in [0.4, 0.5) is 0 Å². The van der Waals surface area contributed by atoms with Crippen LogP contribution in [0.1, 0.15) is 5.82 Å². The van der Waals surface area contributed by atoms with Crippen LogP contribution < -0.4 is 14.6 Å². The Morgan fingerprint density at radius 1 is 1.04 bits per heavy atom. The monoisotopic (exact) mass is 372 g/mol. The van der Waals surface area contributed by atoms with Crippen molar-refractivity contribution in [2.45, 2.75) is 11.8 Å². The van der Waals surface area contributed by atoms with Crippen LogP contribution in [0.25, 0.3) is 17.1 Å². The minimum atomic E-state index is -3.74. The molecule has 0 radical (unpaired) electrons. The van der Waals surface area contributed by atoms with Crippen LogP contribution in [-0.4, -0.2) is 36.4 Å². The van der Waals surface area contributed by atoms with Crippen molar-refractivity contribution in [1.29, 1.82) is 0 Å². The summed E-state index contributed by atoms with van der Waals surface area (Å²) in [6, 6.07) is 11.7. The lowest BCUT2D eigenvalue weighted by molar-refractivity contribution is 0.171. The second kappa shape index (κ2) is 6.11. The summed E-state index contributed by atoms with van der Waals surface area (Å²) < 4.78 is 35.7. The van der Waals surface area contributed by atoms with Gasteiger partial charge in [-0.05, 0) is 49.4 Å². The zero-order chi connectivity index (χ0) is 18.3. The molecule has 0 aliphatic carbocycles. The molecule has 3 aromatic rings. The van der Waals surface area contributed by atoms with E-state index in [1.807, 2.05) is 18.2 Å². The topological polar surface area (TPSA) is 109 Å². The lowest BCUT2D eigenvalue weighted by Crippen LogP contribution is -2.15. The standard InChI is InChI=1S/C17H16N4O4S/c1-11-19-17(12-2-7-15-16(10-12)25-9-8-24-15)21(20-11)13-3-5-14(6-4-13)26(18,22)23/h2-7,10H,8-9H2,1H3,(H2,18,22,23). The third-order valence-corrected chi connectivity index (χ3v) is 4.85. The molecule has 0 amide bonds. The van der Waals surface area contributed by atoms with Gasteiger partial charge in [-0.2, -0.15) is 5.10 Å². The van der Waals surface area contributed by atoms with Crippen LogP contribution in [0, 0.1) is 6.92 Å². The quantitative estimate of drug-likeness (QED) is 0.749. The highest BCUT2D eigenvalue weighted by molar-refractivity contribution is 7.89. The van der Waals surface area contributed by atoms with E-state index in [2.05, 4.69) is 10.1 Å². The summed E-state index contributed by atoms with van der Waals surface area (Å²) in [5, 5.41) is 9.56. The Morgan fingerprint density at radius 3 is 2.42 bits per heavy atom. The van der Waals surface area contributed by atoms with E-state index in [0.29, 0.717) is 42.0 Å². The molecule has 1 aromatic heterocycles. The highest BCUT2D eigenvalue weighted by Gasteiger charge is 2.17. The van der Waals surface area contributed by atoms with Gasteiger partial charge in [-0.1, -0.05) is 0 Å². The first-order valence-electron chi connectivity index (χ1n) is 7.89. The number of ether oxygens (including phenoxy) is 2. The van der Waals surface area contributed by atoms with Crippen molar-refractivity contribution in [3.8, 4) is 28.6 Å². The molecular weight excluding hydrogens is 356 g/mol. The van der Waals surface area contributed by atoms with Gasteiger partial charge in [0.15, 0.2) is 17.3 Å². The summed E-state index contributed by atoms with van der Waals surface area (Å²) in [5.74, 6) is 2.55. The highest BCUT2D eigenvalue weighted by Crippen LogP contribution is 2.34. The van der Waals surface area contributed by atoms with Crippen molar-refractivity contribution in [2.75, 3.05) is 13.2 Å². The van der Waals surface area contributed by atoms with Gasteiger partial charge >= 0.3 is 0 Å². The van der Waals surface area contributed by atoms with Crippen LogP contribution in [0.3, 0.4) is 0 Å². The molecule has 0 bridgehead atoms. The Morgan fingerprint density at radius 2 is 1.73 bits per heavy atom. The second-order valence-electron chi connectivity index (χ2n) is 5.79. The molecular formula is C17H16N4O4S. The predicted molar refractivity (Wildman–Crippen MR) is 93.9 cm³/mol. The maximum absolute atomic E-state index is 11.4. The van der Waals surface area contributed by atoms with Crippen molar-refractivity contribution in [1.82, 2.24) is 14.8 Å². The van der Waals surface area contributed by atoms with E-state index < -0.39 is 10.0 Å². The fraction of sp³-hybridized carbons (Fsp3) is 0.176. The van der Waals surface area contributed by atoms with Gasteiger partial charge in [-0.25, -0.2) is 23.2 Å². The second-order valence-corrected chi connectivity index (χ2v) is 7.35. The maximum atomic E-state index is 11.4. The zero-order valence-corrected chi connectivity index (χ0v) is 14.7. The lowest BCUT2D eigenvalue weighted by Gasteiger charge is -2.18. The van der Waals surface area contributed by atoms with Crippen LogP contribution in [0.15, 0.2) is 47.4 Å². The van der Waals surface area contributed by atoms with Gasteiger partial charge in [-0.15, -0.1) is 0 Å². The number of hydrogen-bond donors (Lipinski definition) is 1. The number of sulfonamides is 1. The number of aryl methyl sites for hydroxylation is 1. The SMILES string of the molecule is Cc1nc(-c2ccc3c(c2)OCCO3)n(-c2ccc(S(N)(=O)=O)cc2)n1. The fourth-order valence-electron chi connectivity index (χ4n) is 2.74. The molecule has 1 aliphatic rings. The van der Waals surface area contributed by atoms with Gasteiger partial charge in [0, 0.05) is 5.56 Å². The Bertz CT molecular complexity index is 1070. The van der Waals surface area contributed by atoms with Gasteiger partial charge in [-0.3, -0.25) is 0 Å². The minimum Gasteiger partial charge on any atom is -0.486 e. The average molecular weight is 372 g/mol. The van der Waals surface area contributed by atoms with Crippen molar-refractivity contribution in [2.24, 2.45) is 5.14 Å². The first-order valence-corrected chi connectivity index (χ1v) is 9.43. The van der Waals surface area contributed by atoms with Crippen LogP contribution in [-0.2, 0) is 10.0 Å². The number of benzene rings is 2. The third kappa shape index (κ3) is 3.02. The smallest absolute Gasteiger partial charge is 0.238 e. The van der Waals surface area contributed by atoms with E-state index in [1.165, 1.54) is 12.1 Å². The molecule has 1 aliphatic heterocycles. The Balaban J connectivity index is 1.78. The van der Waals surface area contributed by atoms with E-state index in [-0.39, 0.29) is 4.90 Å². The third-order valence-electron chi connectivity index (χ3n) is 3.92. The molecule has 0 fully saturated rings. The predicted octanol–water partition coefficient (Wildman–Crippen LogP) is 1.66. The molecule has 0 unspecified atom stereocenters. The normalized spacial score (nSPS) is 13.6. The van der Waals surface area contributed by atoms with E-state index >= 15 is 0 Å². The molecule has 134 valence electrons. The molecule has 9 heteroatoms. The number of fused-ring (bicyclic) bond motifs is 1. The Labute approximate surface area is 150 Å². The first kappa shape index (κ1) is 16.6. The zero-order valence-electron chi connectivity index (χ0n) is 13.9. The minimum absolute atomic E-state index is 0.0407. The fourth-order valence-corrected chi connectivity index (χ4v) is 3.26. The lowest BCUT2D eigenvalue weighted by atomic mass is 10.1.